The predicted molar refractivity (Wildman–Crippen MR) is 53.7 cm³/mol. The highest BCUT2D eigenvalue weighted by molar-refractivity contribution is 7.17. The van der Waals surface area contributed by atoms with Crippen molar-refractivity contribution in [3.8, 4) is 0 Å². The fourth-order valence-corrected chi connectivity index (χ4v) is 1.44. The normalized spacial score (nSPS) is 13.6. The van der Waals surface area contributed by atoms with Crippen LogP contribution >= 0.6 is 9.24 Å². The largest absolute Gasteiger partial charge is 0.126 e. The smallest absolute Gasteiger partial charge is 0.0163 e. The summed E-state index contributed by atoms with van der Waals surface area (Å²) in [6, 6.07) is 10.4. The molecule has 0 heterocycles. The van der Waals surface area contributed by atoms with Gasteiger partial charge in [-0.15, -0.1) is 9.24 Å². The summed E-state index contributed by atoms with van der Waals surface area (Å²) in [5, 5.41) is 0. The molecular weight excluding hydrogens is 151 g/mol. The van der Waals surface area contributed by atoms with E-state index in [0.29, 0.717) is 5.66 Å². The third kappa shape index (κ3) is 2.48. The molecule has 1 aromatic carbocycles. The Morgan fingerprint density at radius 2 is 1.91 bits per heavy atom. The second-order valence-electron chi connectivity index (χ2n) is 2.46. The van der Waals surface area contributed by atoms with E-state index in [2.05, 4.69) is 45.7 Å². The molecule has 11 heavy (non-hydrogen) atoms. The predicted octanol–water partition coefficient (Wildman–Crippen LogP) is 3.18. The fraction of sp³-hybridized carbons (Fsp3) is 0.200. The first-order chi connectivity index (χ1) is 5.34. The van der Waals surface area contributed by atoms with Crippen molar-refractivity contribution in [1.29, 1.82) is 0 Å². The molecular formula is C10H13P. The van der Waals surface area contributed by atoms with E-state index in [9.17, 15) is 0 Å². The summed E-state index contributed by atoms with van der Waals surface area (Å²) >= 11 is 0. The number of hydrogen-bond donors (Lipinski definition) is 0. The molecule has 0 bridgehead atoms. The summed E-state index contributed by atoms with van der Waals surface area (Å²) in [6.45, 7) is 2.04. The molecule has 0 aliphatic heterocycles. The van der Waals surface area contributed by atoms with Gasteiger partial charge in [-0.05, 0) is 12.5 Å². The summed E-state index contributed by atoms with van der Waals surface area (Å²) in [4.78, 5) is 0. The van der Waals surface area contributed by atoms with Gasteiger partial charge in [0.25, 0.3) is 0 Å². The molecule has 0 aliphatic carbocycles. The van der Waals surface area contributed by atoms with E-state index in [1.807, 2.05) is 13.0 Å². The molecule has 0 N–H and O–H groups in total. The van der Waals surface area contributed by atoms with E-state index in [0.717, 1.165) is 0 Å². The Morgan fingerprint density at radius 3 is 2.45 bits per heavy atom. The minimum absolute atomic E-state index is 0.459. The molecule has 1 heteroatoms. The van der Waals surface area contributed by atoms with Crippen molar-refractivity contribution < 1.29 is 0 Å². The summed E-state index contributed by atoms with van der Waals surface area (Å²) in [5.41, 5.74) is 1.80. The van der Waals surface area contributed by atoms with E-state index in [1.54, 1.807) is 0 Å². The first-order valence-corrected chi connectivity index (χ1v) is 4.44. The quantitative estimate of drug-likeness (QED) is 0.465. The Kier molecular flexibility index (Phi) is 3.32. The number of allylic oxidation sites excluding steroid dienone is 2. The summed E-state index contributed by atoms with van der Waals surface area (Å²) in [7, 11) is 2.81. The van der Waals surface area contributed by atoms with Crippen molar-refractivity contribution >= 4 is 9.24 Å². The molecule has 1 aromatic rings. The lowest BCUT2D eigenvalue weighted by molar-refractivity contribution is 1.23. The van der Waals surface area contributed by atoms with Crippen molar-refractivity contribution in [2.45, 2.75) is 12.6 Å². The minimum Gasteiger partial charge on any atom is -0.126 e. The van der Waals surface area contributed by atoms with E-state index >= 15 is 0 Å². The minimum atomic E-state index is 0.459. The molecule has 0 spiro atoms. The summed E-state index contributed by atoms with van der Waals surface area (Å²) < 4.78 is 0. The van der Waals surface area contributed by atoms with Crippen LogP contribution in [0.1, 0.15) is 18.1 Å². The zero-order chi connectivity index (χ0) is 8.10. The third-order valence-corrected chi connectivity index (χ3v) is 2.19. The van der Waals surface area contributed by atoms with Gasteiger partial charge >= 0.3 is 0 Å². The maximum atomic E-state index is 2.81. The van der Waals surface area contributed by atoms with Crippen molar-refractivity contribution in [1.82, 2.24) is 0 Å². The Labute approximate surface area is 70.5 Å². The van der Waals surface area contributed by atoms with Crippen LogP contribution in [0.2, 0.25) is 0 Å². The molecule has 0 saturated heterocycles. The maximum Gasteiger partial charge on any atom is 0.0163 e. The molecule has 2 atom stereocenters. The van der Waals surface area contributed by atoms with Gasteiger partial charge in [0.1, 0.15) is 0 Å². The third-order valence-electron chi connectivity index (χ3n) is 1.58. The zero-order valence-corrected chi connectivity index (χ0v) is 7.85. The highest BCUT2D eigenvalue weighted by Gasteiger charge is 1.97. The van der Waals surface area contributed by atoms with Crippen molar-refractivity contribution in [2.75, 3.05) is 0 Å². The standard InChI is InChI=1S/C10H13P/c1-2-6-10(11)9-7-4-3-5-8-9/h2-8,10H,11H2,1H3. The van der Waals surface area contributed by atoms with Gasteiger partial charge in [0, 0.05) is 5.66 Å². The Morgan fingerprint density at radius 1 is 1.27 bits per heavy atom. The van der Waals surface area contributed by atoms with Gasteiger partial charge in [0.2, 0.25) is 0 Å². The Hall–Kier alpha value is -0.610. The van der Waals surface area contributed by atoms with Crippen LogP contribution < -0.4 is 0 Å². The van der Waals surface area contributed by atoms with Gasteiger partial charge in [-0.2, -0.15) is 0 Å². The highest BCUT2D eigenvalue weighted by atomic mass is 31.0. The second-order valence-corrected chi connectivity index (χ2v) is 3.18. The lowest BCUT2D eigenvalue weighted by atomic mass is 10.1. The number of hydrogen-bond acceptors (Lipinski definition) is 0. The molecule has 1 rings (SSSR count). The molecule has 0 radical (unpaired) electrons. The van der Waals surface area contributed by atoms with Crippen molar-refractivity contribution in [3.63, 3.8) is 0 Å². The van der Waals surface area contributed by atoms with E-state index in [1.165, 1.54) is 5.56 Å². The fourth-order valence-electron chi connectivity index (χ4n) is 0.994. The van der Waals surface area contributed by atoms with Gasteiger partial charge in [0.15, 0.2) is 0 Å². The van der Waals surface area contributed by atoms with Crippen LogP contribution in [-0.4, -0.2) is 0 Å². The monoisotopic (exact) mass is 164 g/mol. The molecule has 2 unspecified atom stereocenters. The number of benzene rings is 1. The molecule has 58 valence electrons. The first kappa shape index (κ1) is 8.49. The molecule has 0 aromatic heterocycles. The molecule has 0 nitrogen and oxygen atoms in total. The van der Waals surface area contributed by atoms with Crippen LogP contribution in [0, 0.1) is 0 Å². The van der Waals surface area contributed by atoms with Crippen molar-refractivity contribution in [3.05, 3.63) is 48.0 Å². The highest BCUT2D eigenvalue weighted by Crippen LogP contribution is 2.23. The van der Waals surface area contributed by atoms with E-state index < -0.39 is 0 Å². The summed E-state index contributed by atoms with van der Waals surface area (Å²) in [5.74, 6) is 0. The topological polar surface area (TPSA) is 0 Å². The van der Waals surface area contributed by atoms with Crippen LogP contribution in [0.3, 0.4) is 0 Å². The molecule has 0 amide bonds. The molecule has 0 aliphatic rings. The van der Waals surface area contributed by atoms with Crippen LogP contribution in [0.4, 0.5) is 0 Å². The van der Waals surface area contributed by atoms with E-state index in [4.69, 9.17) is 0 Å². The lowest BCUT2D eigenvalue weighted by Crippen LogP contribution is -1.82. The van der Waals surface area contributed by atoms with Gasteiger partial charge < -0.3 is 0 Å². The second kappa shape index (κ2) is 4.31. The van der Waals surface area contributed by atoms with Crippen LogP contribution in [0.15, 0.2) is 42.5 Å². The van der Waals surface area contributed by atoms with Crippen LogP contribution in [0.25, 0.3) is 0 Å². The van der Waals surface area contributed by atoms with Gasteiger partial charge in [-0.1, -0.05) is 42.5 Å². The maximum absolute atomic E-state index is 2.81. The van der Waals surface area contributed by atoms with Gasteiger partial charge in [0.05, 0.1) is 0 Å². The SMILES string of the molecule is CC=CC(P)c1ccccc1. The average Bonchev–Trinajstić information content (AvgIpc) is 2.07. The lowest BCUT2D eigenvalue weighted by Gasteiger charge is -2.04. The van der Waals surface area contributed by atoms with Crippen molar-refractivity contribution in [2.24, 2.45) is 0 Å². The van der Waals surface area contributed by atoms with Gasteiger partial charge in [-0.25, -0.2) is 0 Å². The van der Waals surface area contributed by atoms with E-state index in [-0.39, 0.29) is 0 Å². The van der Waals surface area contributed by atoms with Crippen LogP contribution in [0.5, 0.6) is 0 Å². The van der Waals surface area contributed by atoms with Crippen LogP contribution in [-0.2, 0) is 0 Å². The number of rotatable bonds is 2. The molecule has 0 saturated carbocycles. The van der Waals surface area contributed by atoms with Gasteiger partial charge in [-0.3, -0.25) is 0 Å². The summed E-state index contributed by atoms with van der Waals surface area (Å²) in [6.07, 6.45) is 4.24. The Balaban J connectivity index is 2.76. The Bertz CT molecular complexity index is 226. The zero-order valence-electron chi connectivity index (χ0n) is 6.70. The first-order valence-electron chi connectivity index (χ1n) is 3.78. The molecule has 0 fully saturated rings. The average molecular weight is 164 g/mol.